The number of rotatable bonds is 4. The fraction of sp³-hybridized carbons (Fsp3) is 0.679. The summed E-state index contributed by atoms with van der Waals surface area (Å²) in [5, 5.41) is 1.28. The lowest BCUT2D eigenvalue weighted by Crippen LogP contribution is -2.50. The molecule has 170 valence electrons. The summed E-state index contributed by atoms with van der Waals surface area (Å²) in [5.41, 5.74) is 3.74. The van der Waals surface area contributed by atoms with Gasteiger partial charge < -0.3 is 0 Å². The van der Waals surface area contributed by atoms with Crippen LogP contribution in [0.25, 0.3) is 10.9 Å². The molecular weight excluding hydrogens is 378 g/mol. The third-order valence-electron chi connectivity index (χ3n) is 7.52. The van der Waals surface area contributed by atoms with Crippen LogP contribution in [0.5, 0.6) is 0 Å². The van der Waals surface area contributed by atoms with Crippen LogP contribution in [0.2, 0.25) is 0 Å². The van der Waals surface area contributed by atoms with E-state index in [1.165, 1.54) is 107 Å². The largest absolute Gasteiger partial charge is 0.298 e. The minimum atomic E-state index is 0.483. The van der Waals surface area contributed by atoms with E-state index in [4.69, 9.17) is 4.98 Å². The van der Waals surface area contributed by atoms with Crippen molar-refractivity contribution in [2.45, 2.75) is 96.6 Å². The van der Waals surface area contributed by atoms with Crippen LogP contribution in [0.4, 0.5) is 0 Å². The van der Waals surface area contributed by atoms with Gasteiger partial charge in [-0.05, 0) is 42.5 Å². The van der Waals surface area contributed by atoms with Crippen molar-refractivity contribution in [1.29, 1.82) is 0 Å². The molecular formula is C28H43N3. The number of piperazine rings is 1. The van der Waals surface area contributed by atoms with Gasteiger partial charge in [0.15, 0.2) is 0 Å². The van der Waals surface area contributed by atoms with Crippen molar-refractivity contribution in [3.05, 3.63) is 41.6 Å². The molecule has 2 aromatic rings. The quantitative estimate of drug-likeness (QED) is 0.544. The van der Waals surface area contributed by atoms with Crippen LogP contribution in [0, 0.1) is 0 Å². The Labute approximate surface area is 190 Å². The molecule has 2 heterocycles. The van der Waals surface area contributed by atoms with E-state index in [1.807, 2.05) is 0 Å². The smallest absolute Gasteiger partial charge is 0.0705 e. The number of nitrogens with zero attached hydrogens (tertiary/aromatic N) is 3. The van der Waals surface area contributed by atoms with Crippen LogP contribution in [0.15, 0.2) is 30.3 Å². The van der Waals surface area contributed by atoms with Crippen molar-refractivity contribution >= 4 is 10.9 Å². The van der Waals surface area contributed by atoms with Crippen molar-refractivity contribution in [1.82, 2.24) is 14.8 Å². The zero-order chi connectivity index (χ0) is 21.5. The third-order valence-corrected chi connectivity index (χ3v) is 7.52. The summed E-state index contributed by atoms with van der Waals surface area (Å²) in [4.78, 5) is 10.3. The Morgan fingerprint density at radius 2 is 1.45 bits per heavy atom. The average Bonchev–Trinajstić information content (AvgIpc) is 2.85. The highest BCUT2D eigenvalue weighted by atomic mass is 15.3. The van der Waals surface area contributed by atoms with E-state index in [2.05, 4.69) is 54.0 Å². The Hall–Kier alpha value is -1.45. The van der Waals surface area contributed by atoms with E-state index < -0.39 is 0 Å². The van der Waals surface area contributed by atoms with E-state index >= 15 is 0 Å². The number of hydrogen-bond acceptors (Lipinski definition) is 3. The Kier molecular flexibility index (Phi) is 8.38. The van der Waals surface area contributed by atoms with Crippen LogP contribution in [-0.4, -0.2) is 47.0 Å². The molecule has 2 fully saturated rings. The lowest BCUT2D eigenvalue weighted by Gasteiger charge is -2.39. The molecule has 0 bridgehead atoms. The van der Waals surface area contributed by atoms with Crippen LogP contribution < -0.4 is 0 Å². The fourth-order valence-corrected chi connectivity index (χ4v) is 5.49. The summed E-state index contributed by atoms with van der Waals surface area (Å²) in [6.07, 6.45) is 14.5. The zero-order valence-corrected chi connectivity index (χ0v) is 20.0. The minimum absolute atomic E-state index is 0.483. The first-order chi connectivity index (χ1) is 15.2. The number of fused-ring (bicyclic) bond motifs is 1. The SMILES string of the molecule is CC(C)c1ccc2cc(CN3CCN(C4CCCCCCCCCC4)CC3)ccc2n1. The van der Waals surface area contributed by atoms with Gasteiger partial charge in [0.25, 0.3) is 0 Å². The lowest BCUT2D eigenvalue weighted by atomic mass is 10.00. The molecule has 0 radical (unpaired) electrons. The maximum Gasteiger partial charge on any atom is 0.0705 e. The Balaban J connectivity index is 1.30. The number of benzene rings is 1. The van der Waals surface area contributed by atoms with Gasteiger partial charge in [-0.15, -0.1) is 0 Å². The van der Waals surface area contributed by atoms with Crippen molar-refractivity contribution in [2.24, 2.45) is 0 Å². The normalized spacial score (nSPS) is 21.4. The lowest BCUT2D eigenvalue weighted by molar-refractivity contribution is 0.0821. The van der Waals surface area contributed by atoms with E-state index in [9.17, 15) is 0 Å². The predicted octanol–water partition coefficient (Wildman–Crippen LogP) is 6.76. The molecule has 0 spiro atoms. The van der Waals surface area contributed by atoms with Gasteiger partial charge in [0.2, 0.25) is 0 Å². The van der Waals surface area contributed by atoms with Crippen molar-refractivity contribution in [2.75, 3.05) is 26.2 Å². The van der Waals surface area contributed by atoms with Crippen LogP contribution >= 0.6 is 0 Å². The molecule has 1 saturated heterocycles. The van der Waals surface area contributed by atoms with Gasteiger partial charge in [0, 0.05) is 49.8 Å². The third kappa shape index (κ3) is 6.52. The molecule has 1 aliphatic carbocycles. The van der Waals surface area contributed by atoms with Gasteiger partial charge in [-0.2, -0.15) is 0 Å². The highest BCUT2D eigenvalue weighted by Gasteiger charge is 2.23. The maximum atomic E-state index is 4.84. The summed E-state index contributed by atoms with van der Waals surface area (Å²) in [5.74, 6) is 0.483. The summed E-state index contributed by atoms with van der Waals surface area (Å²) >= 11 is 0. The molecule has 0 amide bonds. The maximum absolute atomic E-state index is 4.84. The first-order valence-electron chi connectivity index (χ1n) is 13.0. The van der Waals surface area contributed by atoms with Crippen molar-refractivity contribution in [3.8, 4) is 0 Å². The molecule has 0 N–H and O–H groups in total. The zero-order valence-electron chi connectivity index (χ0n) is 20.0. The Morgan fingerprint density at radius 1 is 0.806 bits per heavy atom. The highest BCUT2D eigenvalue weighted by Crippen LogP contribution is 2.23. The van der Waals surface area contributed by atoms with Crippen LogP contribution in [-0.2, 0) is 6.54 Å². The second-order valence-corrected chi connectivity index (χ2v) is 10.3. The predicted molar refractivity (Wildman–Crippen MR) is 133 cm³/mol. The number of aromatic nitrogens is 1. The fourth-order valence-electron chi connectivity index (χ4n) is 5.49. The second kappa shape index (κ2) is 11.4. The molecule has 1 saturated carbocycles. The number of pyridine rings is 1. The van der Waals surface area contributed by atoms with E-state index in [0.717, 1.165) is 18.1 Å². The van der Waals surface area contributed by atoms with Crippen LogP contribution in [0.3, 0.4) is 0 Å². The minimum Gasteiger partial charge on any atom is -0.298 e. The summed E-state index contributed by atoms with van der Waals surface area (Å²) < 4.78 is 0. The Morgan fingerprint density at radius 3 is 2.10 bits per heavy atom. The Bertz CT molecular complexity index is 795. The van der Waals surface area contributed by atoms with Crippen molar-refractivity contribution < 1.29 is 0 Å². The van der Waals surface area contributed by atoms with E-state index in [0.29, 0.717) is 5.92 Å². The molecule has 4 rings (SSSR count). The highest BCUT2D eigenvalue weighted by molar-refractivity contribution is 5.79. The molecule has 0 atom stereocenters. The molecule has 1 aliphatic heterocycles. The average molecular weight is 422 g/mol. The molecule has 31 heavy (non-hydrogen) atoms. The second-order valence-electron chi connectivity index (χ2n) is 10.3. The molecule has 3 heteroatoms. The standard InChI is InChI=1S/C28H43N3/c1-23(2)27-16-14-25-21-24(13-15-28(25)29-27)22-30-17-19-31(20-18-30)26-11-9-7-5-3-4-6-8-10-12-26/h13-16,21,23,26H,3-12,17-20,22H2,1-2H3. The summed E-state index contributed by atoms with van der Waals surface area (Å²) in [7, 11) is 0. The van der Waals surface area contributed by atoms with Gasteiger partial charge in [-0.25, -0.2) is 0 Å². The molecule has 1 aromatic heterocycles. The van der Waals surface area contributed by atoms with Crippen LogP contribution in [0.1, 0.15) is 95.2 Å². The molecule has 2 aliphatic rings. The van der Waals surface area contributed by atoms with E-state index in [1.54, 1.807) is 0 Å². The van der Waals surface area contributed by atoms with Gasteiger partial charge in [0.05, 0.1) is 5.52 Å². The topological polar surface area (TPSA) is 19.4 Å². The summed E-state index contributed by atoms with van der Waals surface area (Å²) in [6, 6.07) is 12.1. The van der Waals surface area contributed by atoms with Gasteiger partial charge in [-0.1, -0.05) is 77.3 Å². The van der Waals surface area contributed by atoms with Crippen molar-refractivity contribution in [3.63, 3.8) is 0 Å². The number of hydrogen-bond donors (Lipinski definition) is 0. The molecule has 3 nitrogen and oxygen atoms in total. The first kappa shape index (κ1) is 22.7. The monoisotopic (exact) mass is 421 g/mol. The first-order valence-corrected chi connectivity index (χ1v) is 13.0. The molecule has 1 aromatic carbocycles. The van der Waals surface area contributed by atoms with Gasteiger partial charge >= 0.3 is 0 Å². The van der Waals surface area contributed by atoms with Gasteiger partial charge in [0.1, 0.15) is 0 Å². The van der Waals surface area contributed by atoms with E-state index in [-0.39, 0.29) is 0 Å². The summed E-state index contributed by atoms with van der Waals surface area (Å²) in [6.45, 7) is 10.4. The molecule has 0 unspecified atom stereocenters. The van der Waals surface area contributed by atoms with Gasteiger partial charge in [-0.3, -0.25) is 14.8 Å².